The third-order valence-electron chi connectivity index (χ3n) is 3.26. The van der Waals surface area contributed by atoms with Crippen molar-refractivity contribution in [3.63, 3.8) is 0 Å². The molecule has 0 amide bonds. The number of nitrogens with one attached hydrogen (secondary N) is 2. The molecule has 2 rings (SSSR count). The molecule has 0 aromatic heterocycles. The van der Waals surface area contributed by atoms with E-state index in [0.717, 1.165) is 6.54 Å². The third-order valence-corrected chi connectivity index (χ3v) is 3.26. The Morgan fingerprint density at radius 2 is 2.15 bits per heavy atom. The Kier molecular flexibility index (Phi) is 2.86. The number of piperidine rings is 1. The van der Waals surface area contributed by atoms with Gasteiger partial charge in [0.15, 0.2) is 0 Å². The number of likely N-dealkylation sites (N-methyl/N-ethyl adjacent to an activating group) is 1. The molecule has 2 N–H and O–H groups in total. The predicted molar refractivity (Wildman–Crippen MR) is 55.0 cm³/mol. The maximum atomic E-state index is 3.72. The van der Waals surface area contributed by atoms with Crippen molar-refractivity contribution in [3.8, 4) is 0 Å². The van der Waals surface area contributed by atoms with Gasteiger partial charge in [-0.05, 0) is 45.9 Å². The van der Waals surface area contributed by atoms with Crippen LogP contribution in [0, 0.1) is 0 Å². The van der Waals surface area contributed by atoms with E-state index in [1.165, 1.54) is 45.4 Å². The number of hydrogen-bond donors (Lipinski definition) is 2. The molecule has 3 heteroatoms. The van der Waals surface area contributed by atoms with Gasteiger partial charge in [0.05, 0.1) is 0 Å². The van der Waals surface area contributed by atoms with Gasteiger partial charge in [-0.15, -0.1) is 0 Å². The van der Waals surface area contributed by atoms with Gasteiger partial charge in [-0.2, -0.15) is 0 Å². The first-order chi connectivity index (χ1) is 6.31. The van der Waals surface area contributed by atoms with E-state index in [0.29, 0.717) is 5.54 Å². The van der Waals surface area contributed by atoms with Crippen molar-refractivity contribution in [2.24, 2.45) is 0 Å². The number of likely N-dealkylation sites (tertiary alicyclic amines) is 1. The van der Waals surface area contributed by atoms with Crippen LogP contribution in [-0.2, 0) is 0 Å². The molecule has 3 nitrogen and oxygen atoms in total. The molecule has 0 aromatic carbocycles. The molecule has 0 aromatic rings. The van der Waals surface area contributed by atoms with Crippen LogP contribution in [-0.4, -0.2) is 50.2 Å². The van der Waals surface area contributed by atoms with Crippen LogP contribution in [0.15, 0.2) is 0 Å². The molecule has 1 spiro atoms. The Hall–Kier alpha value is -0.120. The number of rotatable bonds is 0. The van der Waals surface area contributed by atoms with Gasteiger partial charge in [-0.3, -0.25) is 0 Å². The van der Waals surface area contributed by atoms with Gasteiger partial charge in [0.25, 0.3) is 0 Å². The van der Waals surface area contributed by atoms with E-state index >= 15 is 0 Å². The Labute approximate surface area is 80.9 Å². The Bertz CT molecular complexity index is 162. The van der Waals surface area contributed by atoms with Gasteiger partial charge < -0.3 is 15.5 Å². The Balaban J connectivity index is 1.99. The van der Waals surface area contributed by atoms with E-state index in [1.54, 1.807) is 0 Å². The fourth-order valence-corrected chi connectivity index (χ4v) is 2.61. The van der Waals surface area contributed by atoms with E-state index in [9.17, 15) is 0 Å². The lowest BCUT2D eigenvalue weighted by Gasteiger charge is -2.41. The molecule has 0 radical (unpaired) electrons. The average molecular weight is 183 g/mol. The fourth-order valence-electron chi connectivity index (χ4n) is 2.61. The van der Waals surface area contributed by atoms with Crippen molar-refractivity contribution in [2.75, 3.05) is 39.8 Å². The zero-order valence-corrected chi connectivity index (χ0v) is 8.60. The van der Waals surface area contributed by atoms with Crippen molar-refractivity contribution in [2.45, 2.75) is 24.8 Å². The van der Waals surface area contributed by atoms with E-state index in [2.05, 4.69) is 22.6 Å². The highest BCUT2D eigenvalue weighted by Gasteiger charge is 2.33. The molecule has 0 bridgehead atoms. The minimum atomic E-state index is 0.378. The SMILES string of the molecule is CN1CCCC2(CNCCCN2)C1. The molecule has 76 valence electrons. The van der Waals surface area contributed by atoms with E-state index in [1.807, 2.05) is 0 Å². The largest absolute Gasteiger partial charge is 0.315 e. The van der Waals surface area contributed by atoms with Gasteiger partial charge in [-0.25, -0.2) is 0 Å². The van der Waals surface area contributed by atoms with Crippen LogP contribution < -0.4 is 10.6 Å². The van der Waals surface area contributed by atoms with Crippen LogP contribution >= 0.6 is 0 Å². The van der Waals surface area contributed by atoms with E-state index < -0.39 is 0 Å². The van der Waals surface area contributed by atoms with Gasteiger partial charge >= 0.3 is 0 Å². The normalized spacial score (nSPS) is 37.6. The molecule has 2 fully saturated rings. The third kappa shape index (κ3) is 2.22. The second-order valence-corrected chi connectivity index (χ2v) is 4.58. The first kappa shape index (κ1) is 9.44. The summed E-state index contributed by atoms with van der Waals surface area (Å²) in [6.45, 7) is 5.99. The second kappa shape index (κ2) is 3.95. The Morgan fingerprint density at radius 1 is 1.23 bits per heavy atom. The smallest absolute Gasteiger partial charge is 0.0435 e. The highest BCUT2D eigenvalue weighted by molar-refractivity contribution is 4.96. The molecule has 2 heterocycles. The summed E-state index contributed by atoms with van der Waals surface area (Å²) < 4.78 is 0. The highest BCUT2D eigenvalue weighted by Crippen LogP contribution is 2.20. The minimum absolute atomic E-state index is 0.378. The fraction of sp³-hybridized carbons (Fsp3) is 1.00. The molecule has 13 heavy (non-hydrogen) atoms. The molecular weight excluding hydrogens is 162 g/mol. The summed E-state index contributed by atoms with van der Waals surface area (Å²) in [5.41, 5.74) is 0.378. The quantitative estimate of drug-likeness (QED) is 0.555. The summed E-state index contributed by atoms with van der Waals surface area (Å²) in [4.78, 5) is 2.45. The highest BCUT2D eigenvalue weighted by atomic mass is 15.2. The molecule has 2 aliphatic rings. The van der Waals surface area contributed by atoms with Crippen molar-refractivity contribution >= 4 is 0 Å². The lowest BCUT2D eigenvalue weighted by atomic mass is 9.89. The Morgan fingerprint density at radius 3 is 3.00 bits per heavy atom. The first-order valence-electron chi connectivity index (χ1n) is 5.45. The second-order valence-electron chi connectivity index (χ2n) is 4.58. The van der Waals surface area contributed by atoms with Gasteiger partial charge in [0, 0.05) is 18.6 Å². The number of nitrogens with zero attached hydrogens (tertiary/aromatic N) is 1. The van der Waals surface area contributed by atoms with Gasteiger partial charge in [-0.1, -0.05) is 0 Å². The average Bonchev–Trinajstić information content (AvgIpc) is 2.31. The number of hydrogen-bond acceptors (Lipinski definition) is 3. The standard InChI is InChI=1S/C10H21N3/c1-13-7-2-4-10(9-13)8-11-5-3-6-12-10/h11-12H,2-9H2,1H3. The molecule has 0 aliphatic carbocycles. The first-order valence-corrected chi connectivity index (χ1v) is 5.45. The molecule has 2 aliphatic heterocycles. The molecular formula is C10H21N3. The maximum Gasteiger partial charge on any atom is 0.0435 e. The van der Waals surface area contributed by atoms with Crippen LogP contribution in [0.2, 0.25) is 0 Å². The van der Waals surface area contributed by atoms with Gasteiger partial charge in [0.2, 0.25) is 0 Å². The lowest BCUT2D eigenvalue weighted by Crippen LogP contribution is -2.59. The maximum absolute atomic E-state index is 3.72. The van der Waals surface area contributed by atoms with E-state index in [-0.39, 0.29) is 0 Å². The minimum Gasteiger partial charge on any atom is -0.315 e. The van der Waals surface area contributed by atoms with Crippen LogP contribution in [0.5, 0.6) is 0 Å². The van der Waals surface area contributed by atoms with Crippen molar-refractivity contribution < 1.29 is 0 Å². The lowest BCUT2D eigenvalue weighted by molar-refractivity contribution is 0.149. The predicted octanol–water partition coefficient (Wildman–Crippen LogP) is 0.0337. The van der Waals surface area contributed by atoms with Crippen LogP contribution in [0.25, 0.3) is 0 Å². The molecule has 1 unspecified atom stereocenters. The van der Waals surface area contributed by atoms with Crippen LogP contribution in [0.3, 0.4) is 0 Å². The zero-order valence-electron chi connectivity index (χ0n) is 8.60. The molecule has 2 saturated heterocycles. The monoisotopic (exact) mass is 183 g/mol. The van der Waals surface area contributed by atoms with Crippen LogP contribution in [0.4, 0.5) is 0 Å². The summed E-state index contributed by atoms with van der Waals surface area (Å²) in [6.07, 6.45) is 3.95. The van der Waals surface area contributed by atoms with Crippen molar-refractivity contribution in [3.05, 3.63) is 0 Å². The topological polar surface area (TPSA) is 27.3 Å². The van der Waals surface area contributed by atoms with Crippen LogP contribution in [0.1, 0.15) is 19.3 Å². The van der Waals surface area contributed by atoms with Crippen molar-refractivity contribution in [1.29, 1.82) is 0 Å². The van der Waals surface area contributed by atoms with Gasteiger partial charge in [0.1, 0.15) is 0 Å². The summed E-state index contributed by atoms with van der Waals surface area (Å²) in [7, 11) is 2.23. The molecule has 1 atom stereocenters. The summed E-state index contributed by atoms with van der Waals surface area (Å²) in [5.74, 6) is 0. The summed E-state index contributed by atoms with van der Waals surface area (Å²) in [5, 5.41) is 7.26. The van der Waals surface area contributed by atoms with E-state index in [4.69, 9.17) is 0 Å². The summed E-state index contributed by atoms with van der Waals surface area (Å²) in [6, 6.07) is 0. The van der Waals surface area contributed by atoms with Crippen molar-refractivity contribution in [1.82, 2.24) is 15.5 Å². The zero-order chi connectivity index (χ0) is 9.15. The summed E-state index contributed by atoms with van der Waals surface area (Å²) >= 11 is 0. The molecule has 0 saturated carbocycles.